The van der Waals surface area contributed by atoms with Gasteiger partial charge in [-0.15, -0.1) is 12.4 Å². The SMILES string of the molecule is CC(C)Cn1c(CN)c(-c2ccccc2)c2cc(C(=O)NCc3ccccc3)ccc2c1=O.Cl. The summed E-state index contributed by atoms with van der Waals surface area (Å²) in [6.07, 6.45) is 0. The minimum absolute atomic E-state index is 0. The summed E-state index contributed by atoms with van der Waals surface area (Å²) in [6.45, 7) is 5.42. The fourth-order valence-corrected chi connectivity index (χ4v) is 4.21. The average molecular weight is 476 g/mol. The summed E-state index contributed by atoms with van der Waals surface area (Å²) < 4.78 is 1.80. The van der Waals surface area contributed by atoms with Crippen molar-refractivity contribution in [3.05, 3.63) is 106 Å². The Bertz CT molecular complexity index is 1330. The summed E-state index contributed by atoms with van der Waals surface area (Å²) in [7, 11) is 0. The van der Waals surface area contributed by atoms with Crippen molar-refractivity contribution < 1.29 is 4.79 Å². The van der Waals surface area contributed by atoms with Crippen molar-refractivity contribution in [1.82, 2.24) is 9.88 Å². The van der Waals surface area contributed by atoms with Crippen LogP contribution < -0.4 is 16.6 Å². The van der Waals surface area contributed by atoms with Crippen LogP contribution in [-0.4, -0.2) is 10.5 Å². The number of aromatic nitrogens is 1. The van der Waals surface area contributed by atoms with Gasteiger partial charge in [0.2, 0.25) is 0 Å². The maximum Gasteiger partial charge on any atom is 0.258 e. The number of fused-ring (bicyclic) bond motifs is 1. The molecule has 3 aromatic carbocycles. The molecular formula is C28H30ClN3O2. The lowest BCUT2D eigenvalue weighted by molar-refractivity contribution is 0.0951. The third kappa shape index (κ3) is 5.22. The van der Waals surface area contributed by atoms with Crippen LogP contribution >= 0.6 is 12.4 Å². The van der Waals surface area contributed by atoms with Gasteiger partial charge in [0.05, 0.1) is 0 Å². The van der Waals surface area contributed by atoms with Crippen LogP contribution in [0, 0.1) is 5.92 Å². The van der Waals surface area contributed by atoms with Crippen LogP contribution in [0.25, 0.3) is 21.9 Å². The number of hydrogen-bond acceptors (Lipinski definition) is 3. The Morgan fingerprint density at radius 3 is 2.21 bits per heavy atom. The van der Waals surface area contributed by atoms with Crippen molar-refractivity contribution in [3.63, 3.8) is 0 Å². The van der Waals surface area contributed by atoms with E-state index in [0.717, 1.165) is 27.8 Å². The molecule has 5 nitrogen and oxygen atoms in total. The summed E-state index contributed by atoms with van der Waals surface area (Å²) in [5.41, 5.74) is 10.3. The summed E-state index contributed by atoms with van der Waals surface area (Å²) in [5.74, 6) is 0.109. The quantitative estimate of drug-likeness (QED) is 0.388. The van der Waals surface area contributed by atoms with E-state index < -0.39 is 0 Å². The Balaban J connectivity index is 0.00000324. The van der Waals surface area contributed by atoms with Gasteiger partial charge in [0.15, 0.2) is 0 Å². The number of amides is 1. The van der Waals surface area contributed by atoms with Crippen LogP contribution in [0.15, 0.2) is 83.7 Å². The number of halogens is 1. The van der Waals surface area contributed by atoms with Gasteiger partial charge < -0.3 is 15.6 Å². The molecule has 0 aliphatic heterocycles. The van der Waals surface area contributed by atoms with Crippen molar-refractivity contribution in [2.24, 2.45) is 11.7 Å². The van der Waals surface area contributed by atoms with E-state index in [1.807, 2.05) is 66.7 Å². The molecule has 0 fully saturated rings. The summed E-state index contributed by atoms with van der Waals surface area (Å²) in [6, 6.07) is 25.0. The first-order valence-corrected chi connectivity index (χ1v) is 11.3. The molecule has 3 N–H and O–H groups in total. The van der Waals surface area contributed by atoms with Crippen LogP contribution in [0.4, 0.5) is 0 Å². The Morgan fingerprint density at radius 1 is 0.941 bits per heavy atom. The van der Waals surface area contributed by atoms with Gasteiger partial charge in [0.1, 0.15) is 0 Å². The van der Waals surface area contributed by atoms with Gasteiger partial charge >= 0.3 is 0 Å². The first-order valence-electron chi connectivity index (χ1n) is 11.3. The molecular weight excluding hydrogens is 446 g/mol. The molecule has 4 aromatic rings. The minimum atomic E-state index is -0.180. The molecule has 0 aliphatic rings. The second-order valence-electron chi connectivity index (χ2n) is 8.63. The van der Waals surface area contributed by atoms with Gasteiger partial charge in [-0.2, -0.15) is 0 Å². The van der Waals surface area contributed by atoms with Crippen molar-refractivity contribution >= 4 is 29.1 Å². The molecule has 4 rings (SSSR count). The summed E-state index contributed by atoms with van der Waals surface area (Å²) in [5, 5.41) is 4.31. The highest BCUT2D eigenvalue weighted by molar-refractivity contribution is 6.03. The highest BCUT2D eigenvalue weighted by atomic mass is 35.5. The predicted octanol–water partition coefficient (Wildman–Crippen LogP) is 5.14. The highest BCUT2D eigenvalue weighted by Gasteiger charge is 2.19. The molecule has 0 bridgehead atoms. The van der Waals surface area contributed by atoms with Crippen LogP contribution in [-0.2, 0) is 19.6 Å². The fourth-order valence-electron chi connectivity index (χ4n) is 4.21. The zero-order valence-electron chi connectivity index (χ0n) is 19.5. The van der Waals surface area contributed by atoms with Gasteiger partial charge in [-0.25, -0.2) is 0 Å². The maximum atomic E-state index is 13.4. The molecule has 1 aromatic heterocycles. The molecule has 0 atom stereocenters. The zero-order valence-corrected chi connectivity index (χ0v) is 20.3. The van der Waals surface area contributed by atoms with Gasteiger partial charge in [0.25, 0.3) is 11.5 Å². The minimum Gasteiger partial charge on any atom is -0.348 e. The predicted molar refractivity (Wildman–Crippen MR) is 141 cm³/mol. The average Bonchev–Trinajstić information content (AvgIpc) is 2.84. The Hall–Kier alpha value is -3.41. The Labute approximate surface area is 206 Å². The van der Waals surface area contributed by atoms with Crippen LogP contribution in [0.5, 0.6) is 0 Å². The van der Waals surface area contributed by atoms with Crippen molar-refractivity contribution in [2.75, 3.05) is 0 Å². The van der Waals surface area contributed by atoms with Gasteiger partial charge in [-0.05, 0) is 40.6 Å². The summed E-state index contributed by atoms with van der Waals surface area (Å²) in [4.78, 5) is 26.4. The monoisotopic (exact) mass is 475 g/mol. The lowest BCUT2D eigenvalue weighted by atomic mass is 9.94. The second kappa shape index (κ2) is 11.1. The van der Waals surface area contributed by atoms with E-state index in [1.54, 1.807) is 16.7 Å². The van der Waals surface area contributed by atoms with Crippen molar-refractivity contribution in [3.8, 4) is 11.1 Å². The molecule has 34 heavy (non-hydrogen) atoms. The number of carbonyl (C=O) groups excluding carboxylic acids is 1. The molecule has 0 saturated heterocycles. The van der Waals surface area contributed by atoms with E-state index in [2.05, 4.69) is 19.2 Å². The molecule has 176 valence electrons. The topological polar surface area (TPSA) is 77.1 Å². The van der Waals surface area contributed by atoms with Gasteiger partial charge in [0, 0.05) is 41.8 Å². The van der Waals surface area contributed by atoms with Crippen molar-refractivity contribution in [1.29, 1.82) is 0 Å². The third-order valence-corrected chi connectivity index (χ3v) is 5.74. The molecule has 0 aliphatic carbocycles. The largest absolute Gasteiger partial charge is 0.348 e. The molecule has 0 saturated carbocycles. The lowest BCUT2D eigenvalue weighted by Crippen LogP contribution is -2.28. The van der Waals surface area contributed by atoms with Gasteiger partial charge in [-0.1, -0.05) is 74.5 Å². The van der Waals surface area contributed by atoms with Crippen molar-refractivity contribution in [2.45, 2.75) is 33.5 Å². The van der Waals surface area contributed by atoms with Crippen LogP contribution in [0.2, 0.25) is 0 Å². The second-order valence-corrected chi connectivity index (χ2v) is 8.63. The van der Waals surface area contributed by atoms with E-state index in [9.17, 15) is 9.59 Å². The normalized spacial score (nSPS) is 10.8. The molecule has 0 spiro atoms. The molecule has 0 unspecified atom stereocenters. The number of pyridine rings is 1. The lowest BCUT2D eigenvalue weighted by Gasteiger charge is -2.21. The van der Waals surface area contributed by atoms with Crippen LogP contribution in [0.1, 0.15) is 35.5 Å². The molecule has 1 heterocycles. The molecule has 0 radical (unpaired) electrons. The number of hydrogen-bond donors (Lipinski definition) is 2. The summed E-state index contributed by atoms with van der Waals surface area (Å²) >= 11 is 0. The highest BCUT2D eigenvalue weighted by Crippen LogP contribution is 2.31. The smallest absolute Gasteiger partial charge is 0.258 e. The number of nitrogens with one attached hydrogen (secondary N) is 1. The molecule has 1 amide bonds. The van der Waals surface area contributed by atoms with E-state index in [4.69, 9.17) is 5.73 Å². The number of rotatable bonds is 7. The molecule has 6 heteroatoms. The first-order chi connectivity index (χ1) is 16.0. The van der Waals surface area contributed by atoms with Crippen LogP contribution in [0.3, 0.4) is 0 Å². The Kier molecular flexibility index (Phi) is 8.26. The van der Waals surface area contributed by atoms with E-state index in [0.29, 0.717) is 24.0 Å². The third-order valence-electron chi connectivity index (χ3n) is 5.74. The number of nitrogens with two attached hydrogens (primary N) is 1. The van der Waals surface area contributed by atoms with E-state index in [1.165, 1.54) is 0 Å². The number of carbonyl (C=O) groups is 1. The first kappa shape index (κ1) is 25.2. The zero-order chi connectivity index (χ0) is 23.4. The maximum absolute atomic E-state index is 13.4. The van der Waals surface area contributed by atoms with Gasteiger partial charge in [-0.3, -0.25) is 9.59 Å². The van der Waals surface area contributed by atoms with E-state index >= 15 is 0 Å². The standard InChI is InChI=1S/C28H29N3O2.ClH/c1-19(2)18-31-25(16-29)26(21-11-7-4-8-12-21)24-15-22(13-14-23(24)28(31)33)27(32)30-17-20-9-5-3-6-10-20;/h3-15,19H,16-18,29H2,1-2H3,(H,30,32);1H. The fraction of sp³-hybridized carbons (Fsp3) is 0.214. The number of nitrogens with zero attached hydrogens (tertiary/aromatic N) is 1. The number of benzene rings is 3. The Morgan fingerprint density at radius 2 is 1.59 bits per heavy atom. The van der Waals surface area contributed by atoms with E-state index in [-0.39, 0.29) is 36.3 Å².